The molecule has 0 N–H and O–H groups in total. The zero-order valence-electron chi connectivity index (χ0n) is 11.4. The lowest BCUT2D eigenvalue weighted by Gasteiger charge is -2.41. The summed E-state index contributed by atoms with van der Waals surface area (Å²) in [6, 6.07) is 9.91. The maximum Gasteiger partial charge on any atom is 0.230 e. The molecule has 0 spiro atoms. The van der Waals surface area contributed by atoms with Crippen molar-refractivity contribution in [2.45, 2.75) is 19.4 Å². The van der Waals surface area contributed by atoms with E-state index in [2.05, 4.69) is 0 Å². The summed E-state index contributed by atoms with van der Waals surface area (Å²) >= 11 is 0. The third-order valence-electron chi connectivity index (χ3n) is 3.21. The first-order valence-corrected chi connectivity index (χ1v) is 6.46. The molecule has 1 aromatic rings. The van der Waals surface area contributed by atoms with Gasteiger partial charge in [-0.05, 0) is 24.6 Å². The first-order valence-electron chi connectivity index (χ1n) is 6.46. The first kappa shape index (κ1) is 13.6. The molecule has 0 aromatic heterocycles. The molecule has 0 saturated carbocycles. The Balaban J connectivity index is 2.22. The number of amides is 1. The van der Waals surface area contributed by atoms with Crippen LogP contribution in [0.25, 0.3) is 0 Å². The Bertz CT molecular complexity index is 491. The predicted molar refractivity (Wildman–Crippen MR) is 77.1 cm³/mol. The van der Waals surface area contributed by atoms with Gasteiger partial charge in [0.25, 0.3) is 0 Å². The van der Waals surface area contributed by atoms with Gasteiger partial charge in [-0.1, -0.05) is 36.4 Å². The van der Waals surface area contributed by atoms with E-state index in [1.165, 1.54) is 0 Å². The number of hydrogen-bond donors (Lipinski definition) is 0. The van der Waals surface area contributed by atoms with Crippen LogP contribution in [0.5, 0.6) is 0 Å². The van der Waals surface area contributed by atoms with Crippen molar-refractivity contribution < 1.29 is 9.53 Å². The van der Waals surface area contributed by atoms with Gasteiger partial charge in [0.05, 0.1) is 19.1 Å². The Morgan fingerprint density at radius 1 is 1.42 bits per heavy atom. The second-order valence-corrected chi connectivity index (χ2v) is 4.48. The van der Waals surface area contributed by atoms with E-state index >= 15 is 0 Å². The summed E-state index contributed by atoms with van der Waals surface area (Å²) in [6.07, 6.45) is 6.64. The summed E-state index contributed by atoms with van der Waals surface area (Å²) in [5.41, 5.74) is 2.09. The minimum Gasteiger partial charge on any atom is -0.381 e. The van der Waals surface area contributed by atoms with Gasteiger partial charge in [-0.2, -0.15) is 0 Å². The normalized spacial score (nSPS) is 19.9. The topological polar surface area (TPSA) is 29.5 Å². The minimum atomic E-state index is 0.126. The average Bonchev–Trinajstić information content (AvgIpc) is 2.42. The maximum absolute atomic E-state index is 11.9. The van der Waals surface area contributed by atoms with Gasteiger partial charge in [-0.3, -0.25) is 4.79 Å². The van der Waals surface area contributed by atoms with E-state index in [1.54, 1.807) is 7.11 Å². The van der Waals surface area contributed by atoms with Crippen LogP contribution >= 0.6 is 0 Å². The Morgan fingerprint density at radius 3 is 2.74 bits per heavy atom. The number of nitrogens with zero attached hydrogens (tertiary/aromatic N) is 1. The van der Waals surface area contributed by atoms with Gasteiger partial charge in [0.15, 0.2) is 0 Å². The van der Waals surface area contributed by atoms with Crippen molar-refractivity contribution in [1.29, 1.82) is 0 Å². The molecule has 0 aliphatic carbocycles. The van der Waals surface area contributed by atoms with Gasteiger partial charge in [-0.15, -0.1) is 0 Å². The molecule has 1 saturated heterocycles. The Labute approximate surface area is 114 Å². The molecule has 1 aliphatic rings. The molecule has 1 amide bonds. The summed E-state index contributed by atoms with van der Waals surface area (Å²) in [5.74, 6) is 0.170. The first-order chi connectivity index (χ1) is 9.27. The standard InChI is InChI=1S/C16H19NO2/c1-3-7-13(10-11-19-2)15-12-16(18)17(15)14-8-5-4-6-9-14/h3-10,15H,11-12H2,1-2H3/b7-3-,13-10+. The molecule has 1 unspecified atom stereocenters. The van der Waals surface area contributed by atoms with E-state index in [1.807, 2.05) is 60.4 Å². The lowest BCUT2D eigenvalue weighted by Crippen LogP contribution is -2.53. The number of ether oxygens (including phenoxy) is 1. The van der Waals surface area contributed by atoms with Crippen LogP contribution in [0.1, 0.15) is 13.3 Å². The van der Waals surface area contributed by atoms with E-state index in [9.17, 15) is 4.79 Å². The van der Waals surface area contributed by atoms with Gasteiger partial charge in [0.2, 0.25) is 5.91 Å². The zero-order chi connectivity index (χ0) is 13.7. The molecular weight excluding hydrogens is 238 g/mol. The van der Waals surface area contributed by atoms with Crippen molar-refractivity contribution in [3.63, 3.8) is 0 Å². The van der Waals surface area contributed by atoms with E-state index in [-0.39, 0.29) is 11.9 Å². The van der Waals surface area contributed by atoms with E-state index < -0.39 is 0 Å². The van der Waals surface area contributed by atoms with Crippen molar-refractivity contribution in [3.8, 4) is 0 Å². The second-order valence-electron chi connectivity index (χ2n) is 4.48. The highest BCUT2D eigenvalue weighted by Crippen LogP contribution is 2.32. The number of hydrogen-bond acceptors (Lipinski definition) is 2. The van der Waals surface area contributed by atoms with Crippen LogP contribution in [-0.2, 0) is 9.53 Å². The Morgan fingerprint density at radius 2 is 2.16 bits per heavy atom. The van der Waals surface area contributed by atoms with Crippen LogP contribution < -0.4 is 4.90 Å². The Kier molecular flexibility index (Phi) is 4.53. The minimum absolute atomic E-state index is 0.126. The number of methoxy groups -OCH3 is 1. The lowest BCUT2D eigenvalue weighted by molar-refractivity contribution is -0.123. The number of para-hydroxylation sites is 1. The van der Waals surface area contributed by atoms with Crippen molar-refractivity contribution in [2.75, 3.05) is 18.6 Å². The van der Waals surface area contributed by atoms with Crippen molar-refractivity contribution in [3.05, 3.63) is 54.1 Å². The summed E-state index contributed by atoms with van der Waals surface area (Å²) in [5, 5.41) is 0. The van der Waals surface area contributed by atoms with Crippen LogP contribution in [-0.4, -0.2) is 25.7 Å². The van der Waals surface area contributed by atoms with E-state index in [0.717, 1.165) is 11.3 Å². The largest absolute Gasteiger partial charge is 0.381 e. The number of rotatable bonds is 5. The maximum atomic E-state index is 11.9. The molecular formula is C16H19NO2. The predicted octanol–water partition coefficient (Wildman–Crippen LogP) is 2.94. The summed E-state index contributed by atoms with van der Waals surface area (Å²) in [7, 11) is 1.67. The zero-order valence-corrected chi connectivity index (χ0v) is 11.4. The summed E-state index contributed by atoms with van der Waals surface area (Å²) < 4.78 is 5.09. The fourth-order valence-electron chi connectivity index (χ4n) is 2.28. The molecule has 1 fully saturated rings. The molecule has 19 heavy (non-hydrogen) atoms. The quantitative estimate of drug-likeness (QED) is 0.599. The second kappa shape index (κ2) is 6.34. The molecule has 0 bridgehead atoms. The third-order valence-corrected chi connectivity index (χ3v) is 3.21. The van der Waals surface area contributed by atoms with E-state index in [0.29, 0.717) is 13.0 Å². The highest BCUT2D eigenvalue weighted by atomic mass is 16.5. The molecule has 3 heteroatoms. The molecule has 100 valence electrons. The molecule has 0 radical (unpaired) electrons. The molecule has 2 rings (SSSR count). The van der Waals surface area contributed by atoms with Crippen LogP contribution in [0.3, 0.4) is 0 Å². The average molecular weight is 257 g/mol. The smallest absolute Gasteiger partial charge is 0.230 e. The number of carbonyl (C=O) groups is 1. The van der Waals surface area contributed by atoms with Gasteiger partial charge in [0, 0.05) is 12.8 Å². The summed E-state index contributed by atoms with van der Waals surface area (Å²) in [6.45, 7) is 2.54. The summed E-state index contributed by atoms with van der Waals surface area (Å²) in [4.78, 5) is 13.7. The molecule has 1 atom stereocenters. The van der Waals surface area contributed by atoms with Crippen LogP contribution in [0, 0.1) is 0 Å². The third kappa shape index (κ3) is 2.93. The number of anilines is 1. The molecule has 1 aromatic carbocycles. The Hall–Kier alpha value is -1.87. The van der Waals surface area contributed by atoms with Crippen molar-refractivity contribution in [1.82, 2.24) is 0 Å². The SMILES string of the molecule is C/C=C\C(=C/COC)C1CC(=O)N1c1ccccc1. The number of carbonyl (C=O) groups excluding carboxylic acids is 1. The number of benzene rings is 1. The van der Waals surface area contributed by atoms with Crippen LogP contribution in [0.4, 0.5) is 5.69 Å². The van der Waals surface area contributed by atoms with Gasteiger partial charge < -0.3 is 9.64 Å². The molecule has 1 aliphatic heterocycles. The van der Waals surface area contributed by atoms with Gasteiger partial charge in [0.1, 0.15) is 0 Å². The molecule has 3 nitrogen and oxygen atoms in total. The van der Waals surface area contributed by atoms with Gasteiger partial charge >= 0.3 is 0 Å². The number of β-lactam (4-membered cyclic amide) rings is 1. The highest BCUT2D eigenvalue weighted by Gasteiger charge is 2.38. The van der Waals surface area contributed by atoms with Crippen LogP contribution in [0.2, 0.25) is 0 Å². The van der Waals surface area contributed by atoms with Gasteiger partial charge in [-0.25, -0.2) is 0 Å². The highest BCUT2D eigenvalue weighted by molar-refractivity contribution is 6.02. The monoisotopic (exact) mass is 257 g/mol. The fraction of sp³-hybridized carbons (Fsp3) is 0.312. The van der Waals surface area contributed by atoms with E-state index in [4.69, 9.17) is 4.74 Å². The van der Waals surface area contributed by atoms with Crippen molar-refractivity contribution in [2.24, 2.45) is 0 Å². The fourth-order valence-corrected chi connectivity index (χ4v) is 2.28. The number of allylic oxidation sites excluding steroid dienone is 1. The van der Waals surface area contributed by atoms with Crippen molar-refractivity contribution >= 4 is 11.6 Å². The van der Waals surface area contributed by atoms with Crippen LogP contribution in [0.15, 0.2) is 54.1 Å². The molecule has 1 heterocycles. The lowest BCUT2D eigenvalue weighted by atomic mass is 9.92.